The Morgan fingerprint density at radius 2 is 2.11 bits per heavy atom. The first-order valence-electron chi connectivity index (χ1n) is 6.46. The van der Waals surface area contributed by atoms with Crippen LogP contribution in [0.25, 0.3) is 5.69 Å². The smallest absolute Gasteiger partial charge is 0.148 e. The summed E-state index contributed by atoms with van der Waals surface area (Å²) in [6.07, 6.45) is 0. The van der Waals surface area contributed by atoms with Gasteiger partial charge in [0.15, 0.2) is 0 Å². The van der Waals surface area contributed by atoms with Crippen LogP contribution in [0.5, 0.6) is 0 Å². The predicted molar refractivity (Wildman–Crippen MR) is 80.6 cm³/mol. The number of nitrogens with one attached hydrogen (secondary N) is 1. The van der Waals surface area contributed by atoms with Crippen LogP contribution >= 0.6 is 15.9 Å². The highest BCUT2D eigenvalue weighted by atomic mass is 79.9. The Hall–Kier alpha value is -1.20. The predicted octanol–water partition coefficient (Wildman–Crippen LogP) is 3.32. The van der Waals surface area contributed by atoms with Gasteiger partial charge < -0.3 is 5.32 Å². The zero-order chi connectivity index (χ0) is 14.0. The number of nitrogens with zero attached hydrogens (tertiary/aromatic N) is 3. The molecule has 0 aliphatic carbocycles. The summed E-state index contributed by atoms with van der Waals surface area (Å²) in [4.78, 5) is 4.38. The van der Waals surface area contributed by atoms with Gasteiger partial charge in [0, 0.05) is 10.5 Å². The van der Waals surface area contributed by atoms with E-state index in [1.54, 1.807) is 0 Å². The minimum Gasteiger partial charge on any atom is -0.310 e. The molecule has 1 unspecified atom stereocenters. The SMILES string of the molecule is CCNC(C)c1ccc(Br)cc1-n1nc(C)nc1C. The molecule has 0 amide bonds. The summed E-state index contributed by atoms with van der Waals surface area (Å²) in [7, 11) is 0. The molecule has 0 aliphatic heterocycles. The normalized spacial score (nSPS) is 12.7. The van der Waals surface area contributed by atoms with Gasteiger partial charge in [0.1, 0.15) is 11.6 Å². The average Bonchev–Trinajstić information content (AvgIpc) is 2.68. The number of aromatic nitrogens is 3. The van der Waals surface area contributed by atoms with Gasteiger partial charge in [0.2, 0.25) is 0 Å². The van der Waals surface area contributed by atoms with Crippen molar-refractivity contribution in [1.82, 2.24) is 20.1 Å². The second-order valence-corrected chi connectivity index (χ2v) is 5.52. The van der Waals surface area contributed by atoms with E-state index < -0.39 is 0 Å². The van der Waals surface area contributed by atoms with Crippen LogP contribution in [0.1, 0.15) is 37.1 Å². The lowest BCUT2D eigenvalue weighted by Gasteiger charge is -2.18. The topological polar surface area (TPSA) is 42.7 Å². The van der Waals surface area contributed by atoms with Crippen LogP contribution in [0, 0.1) is 13.8 Å². The minimum absolute atomic E-state index is 0.275. The number of hydrogen-bond donors (Lipinski definition) is 1. The molecule has 1 N–H and O–H groups in total. The molecular weight excluding hydrogens is 304 g/mol. The van der Waals surface area contributed by atoms with Gasteiger partial charge in [0.05, 0.1) is 5.69 Å². The third-order valence-electron chi connectivity index (χ3n) is 3.07. The molecule has 0 saturated heterocycles. The van der Waals surface area contributed by atoms with Crippen molar-refractivity contribution in [2.24, 2.45) is 0 Å². The minimum atomic E-state index is 0.275. The summed E-state index contributed by atoms with van der Waals surface area (Å²) < 4.78 is 2.95. The van der Waals surface area contributed by atoms with Gasteiger partial charge >= 0.3 is 0 Å². The van der Waals surface area contributed by atoms with Crippen LogP contribution in [0.15, 0.2) is 22.7 Å². The van der Waals surface area contributed by atoms with E-state index in [0.29, 0.717) is 0 Å². The van der Waals surface area contributed by atoms with Crippen LogP contribution in [0.4, 0.5) is 0 Å². The fourth-order valence-corrected chi connectivity index (χ4v) is 2.58. The van der Waals surface area contributed by atoms with Crippen molar-refractivity contribution in [3.8, 4) is 5.69 Å². The lowest BCUT2D eigenvalue weighted by Crippen LogP contribution is -2.20. The maximum atomic E-state index is 4.48. The zero-order valence-corrected chi connectivity index (χ0v) is 13.3. The van der Waals surface area contributed by atoms with E-state index in [1.807, 2.05) is 18.5 Å². The van der Waals surface area contributed by atoms with E-state index in [-0.39, 0.29) is 6.04 Å². The molecule has 1 aromatic carbocycles. The third kappa shape index (κ3) is 3.04. The Morgan fingerprint density at radius 3 is 2.68 bits per heavy atom. The molecular formula is C14H19BrN4. The third-order valence-corrected chi connectivity index (χ3v) is 3.57. The maximum absolute atomic E-state index is 4.48. The first-order chi connectivity index (χ1) is 9.02. The summed E-state index contributed by atoms with van der Waals surface area (Å²) >= 11 is 3.53. The fourth-order valence-electron chi connectivity index (χ4n) is 2.23. The first-order valence-corrected chi connectivity index (χ1v) is 7.25. The highest BCUT2D eigenvalue weighted by Crippen LogP contribution is 2.25. The summed E-state index contributed by atoms with van der Waals surface area (Å²) in [5.41, 5.74) is 2.29. The molecule has 1 aromatic heterocycles. The van der Waals surface area contributed by atoms with E-state index in [1.165, 1.54) is 5.56 Å². The summed E-state index contributed by atoms with van der Waals surface area (Å²) in [6.45, 7) is 9.10. The molecule has 1 heterocycles. The highest BCUT2D eigenvalue weighted by molar-refractivity contribution is 9.10. The Labute approximate surface area is 122 Å². The second kappa shape index (κ2) is 5.84. The van der Waals surface area contributed by atoms with Gasteiger partial charge in [-0.1, -0.05) is 28.9 Å². The molecule has 0 bridgehead atoms. The van der Waals surface area contributed by atoms with Crippen LogP contribution in [-0.2, 0) is 0 Å². The van der Waals surface area contributed by atoms with E-state index >= 15 is 0 Å². The molecule has 2 rings (SSSR count). The number of benzene rings is 1. The molecule has 0 saturated carbocycles. The number of hydrogen-bond acceptors (Lipinski definition) is 3. The summed E-state index contributed by atoms with van der Waals surface area (Å²) in [5.74, 6) is 1.69. The fraction of sp³-hybridized carbons (Fsp3) is 0.429. The zero-order valence-electron chi connectivity index (χ0n) is 11.7. The van der Waals surface area contributed by atoms with Gasteiger partial charge in [0.25, 0.3) is 0 Å². The molecule has 1 atom stereocenters. The molecule has 0 radical (unpaired) electrons. The van der Waals surface area contributed by atoms with Crippen LogP contribution in [-0.4, -0.2) is 21.3 Å². The molecule has 2 aromatic rings. The maximum Gasteiger partial charge on any atom is 0.148 e. The molecule has 5 heteroatoms. The monoisotopic (exact) mass is 322 g/mol. The van der Waals surface area contributed by atoms with E-state index in [4.69, 9.17) is 0 Å². The summed E-state index contributed by atoms with van der Waals surface area (Å²) in [5, 5.41) is 7.92. The van der Waals surface area contributed by atoms with Crippen molar-refractivity contribution in [3.05, 3.63) is 39.9 Å². The molecule has 19 heavy (non-hydrogen) atoms. The van der Waals surface area contributed by atoms with E-state index in [2.05, 4.69) is 63.4 Å². The van der Waals surface area contributed by atoms with Gasteiger partial charge in [-0.2, -0.15) is 5.10 Å². The number of aryl methyl sites for hydroxylation is 2. The molecule has 0 spiro atoms. The average molecular weight is 323 g/mol. The first kappa shape index (κ1) is 14.2. The Morgan fingerprint density at radius 1 is 1.37 bits per heavy atom. The van der Waals surface area contributed by atoms with Crippen LogP contribution in [0.3, 0.4) is 0 Å². The largest absolute Gasteiger partial charge is 0.310 e. The summed E-state index contributed by atoms with van der Waals surface area (Å²) in [6, 6.07) is 6.55. The molecule has 102 valence electrons. The van der Waals surface area contributed by atoms with Gasteiger partial charge in [-0.25, -0.2) is 9.67 Å². The lowest BCUT2D eigenvalue weighted by molar-refractivity contribution is 0.592. The van der Waals surface area contributed by atoms with Gasteiger partial charge in [-0.3, -0.25) is 0 Å². The van der Waals surface area contributed by atoms with Crippen molar-refractivity contribution >= 4 is 15.9 Å². The second-order valence-electron chi connectivity index (χ2n) is 4.60. The van der Waals surface area contributed by atoms with Crippen LogP contribution < -0.4 is 5.32 Å². The number of halogens is 1. The van der Waals surface area contributed by atoms with E-state index in [0.717, 1.165) is 28.4 Å². The van der Waals surface area contributed by atoms with Gasteiger partial charge in [-0.15, -0.1) is 0 Å². The van der Waals surface area contributed by atoms with Gasteiger partial charge in [-0.05, 0) is 45.0 Å². The molecule has 0 aliphatic rings. The number of rotatable bonds is 4. The Kier molecular flexibility index (Phi) is 4.37. The molecule has 0 fully saturated rings. The van der Waals surface area contributed by atoms with Crippen molar-refractivity contribution in [3.63, 3.8) is 0 Å². The standard InChI is InChI=1S/C14H19BrN4/c1-5-16-9(2)13-7-6-12(15)8-14(13)19-11(4)17-10(3)18-19/h6-9,16H,5H2,1-4H3. The highest BCUT2D eigenvalue weighted by Gasteiger charge is 2.14. The Balaban J connectivity index is 2.54. The van der Waals surface area contributed by atoms with Crippen LogP contribution in [0.2, 0.25) is 0 Å². The molecule has 4 nitrogen and oxygen atoms in total. The quantitative estimate of drug-likeness (QED) is 0.939. The van der Waals surface area contributed by atoms with Crippen molar-refractivity contribution in [1.29, 1.82) is 0 Å². The van der Waals surface area contributed by atoms with Crippen molar-refractivity contribution < 1.29 is 0 Å². The Bertz CT molecular complexity index is 577. The van der Waals surface area contributed by atoms with E-state index in [9.17, 15) is 0 Å². The van der Waals surface area contributed by atoms with Crippen molar-refractivity contribution in [2.75, 3.05) is 6.54 Å². The lowest BCUT2D eigenvalue weighted by atomic mass is 10.1. The van der Waals surface area contributed by atoms with Crippen molar-refractivity contribution in [2.45, 2.75) is 33.7 Å².